The molecule has 0 aromatic heterocycles. The van der Waals surface area contributed by atoms with E-state index in [2.05, 4.69) is 29.5 Å². The summed E-state index contributed by atoms with van der Waals surface area (Å²) in [5, 5.41) is 6.41. The molecular formula is C13H26ClN3O2. The van der Waals surface area contributed by atoms with Crippen molar-refractivity contribution in [3.8, 4) is 0 Å². The van der Waals surface area contributed by atoms with Gasteiger partial charge in [0.05, 0.1) is 18.2 Å². The number of likely N-dealkylation sites (N-methyl/N-ethyl adjacent to an activating group) is 1. The molecule has 112 valence electrons. The van der Waals surface area contributed by atoms with Gasteiger partial charge < -0.3 is 20.3 Å². The van der Waals surface area contributed by atoms with Crippen molar-refractivity contribution in [1.29, 1.82) is 0 Å². The van der Waals surface area contributed by atoms with Crippen LogP contribution in [0.25, 0.3) is 0 Å². The van der Waals surface area contributed by atoms with E-state index in [4.69, 9.17) is 4.74 Å². The monoisotopic (exact) mass is 291 g/mol. The molecule has 2 unspecified atom stereocenters. The molecule has 5 nitrogen and oxygen atoms in total. The summed E-state index contributed by atoms with van der Waals surface area (Å²) in [6, 6.07) is 0. The van der Waals surface area contributed by atoms with Crippen LogP contribution in [0, 0.1) is 0 Å². The number of rotatable bonds is 4. The number of carbonyl (C=O) groups is 1. The third-order valence-electron chi connectivity index (χ3n) is 4.11. The highest BCUT2D eigenvalue weighted by molar-refractivity contribution is 5.86. The molecule has 0 aliphatic carbocycles. The van der Waals surface area contributed by atoms with Crippen molar-refractivity contribution in [3.05, 3.63) is 0 Å². The molecular weight excluding hydrogens is 266 g/mol. The summed E-state index contributed by atoms with van der Waals surface area (Å²) in [6.45, 7) is 6.27. The predicted molar refractivity (Wildman–Crippen MR) is 77.8 cm³/mol. The molecule has 2 aliphatic rings. The largest absolute Gasteiger partial charge is 0.374 e. The molecule has 0 aromatic rings. The minimum Gasteiger partial charge on any atom is -0.374 e. The zero-order valence-electron chi connectivity index (χ0n) is 11.9. The first-order chi connectivity index (χ1) is 8.66. The van der Waals surface area contributed by atoms with E-state index in [1.165, 1.54) is 0 Å². The molecule has 2 N–H and O–H groups in total. The molecule has 2 atom stereocenters. The average Bonchev–Trinajstić information content (AvgIpc) is 2.86. The van der Waals surface area contributed by atoms with Gasteiger partial charge in [-0.3, -0.25) is 4.79 Å². The van der Waals surface area contributed by atoms with Crippen LogP contribution in [0.15, 0.2) is 0 Å². The SMILES string of the molecule is CCC1(C(=O)NCC2CN(C)CCO2)CCCN1.Cl. The summed E-state index contributed by atoms with van der Waals surface area (Å²) in [7, 11) is 2.09. The van der Waals surface area contributed by atoms with Crippen LogP contribution >= 0.6 is 12.4 Å². The van der Waals surface area contributed by atoms with Crippen LogP contribution in [0.2, 0.25) is 0 Å². The Labute approximate surface area is 121 Å². The van der Waals surface area contributed by atoms with Crippen molar-refractivity contribution in [2.75, 3.05) is 39.8 Å². The van der Waals surface area contributed by atoms with Gasteiger partial charge in [0.2, 0.25) is 5.91 Å². The van der Waals surface area contributed by atoms with Gasteiger partial charge in [0.1, 0.15) is 0 Å². The normalized spacial score (nSPS) is 31.8. The molecule has 2 saturated heterocycles. The predicted octanol–water partition coefficient (Wildman–Crippen LogP) is 0.387. The van der Waals surface area contributed by atoms with E-state index in [9.17, 15) is 4.79 Å². The van der Waals surface area contributed by atoms with Gasteiger partial charge in [-0.15, -0.1) is 12.4 Å². The number of hydrogen-bond donors (Lipinski definition) is 2. The fraction of sp³-hybridized carbons (Fsp3) is 0.923. The van der Waals surface area contributed by atoms with Crippen molar-refractivity contribution in [2.45, 2.75) is 37.8 Å². The summed E-state index contributed by atoms with van der Waals surface area (Å²) >= 11 is 0. The first kappa shape index (κ1) is 16.7. The van der Waals surface area contributed by atoms with Crippen molar-refractivity contribution in [2.24, 2.45) is 0 Å². The standard InChI is InChI=1S/C13H25N3O2.ClH/c1-3-13(5-4-6-15-13)12(17)14-9-11-10-16(2)7-8-18-11;/h11,15H,3-10H2,1-2H3,(H,14,17);1H. The van der Waals surface area contributed by atoms with Gasteiger partial charge >= 0.3 is 0 Å². The zero-order chi connectivity index (χ0) is 13.0. The lowest BCUT2D eigenvalue weighted by atomic mass is 9.93. The maximum absolute atomic E-state index is 12.3. The smallest absolute Gasteiger partial charge is 0.240 e. The minimum atomic E-state index is -0.333. The van der Waals surface area contributed by atoms with Crippen LogP contribution in [0.5, 0.6) is 0 Å². The van der Waals surface area contributed by atoms with Crippen LogP contribution in [0.1, 0.15) is 26.2 Å². The van der Waals surface area contributed by atoms with Gasteiger partial charge in [0.15, 0.2) is 0 Å². The lowest BCUT2D eigenvalue weighted by Crippen LogP contribution is -2.55. The van der Waals surface area contributed by atoms with Crippen molar-refractivity contribution in [1.82, 2.24) is 15.5 Å². The number of hydrogen-bond acceptors (Lipinski definition) is 4. The van der Waals surface area contributed by atoms with Gasteiger partial charge in [0, 0.05) is 19.6 Å². The number of amides is 1. The fourth-order valence-electron chi connectivity index (χ4n) is 2.83. The van der Waals surface area contributed by atoms with E-state index >= 15 is 0 Å². The van der Waals surface area contributed by atoms with Gasteiger partial charge in [0.25, 0.3) is 0 Å². The van der Waals surface area contributed by atoms with Gasteiger partial charge in [-0.1, -0.05) is 6.92 Å². The molecule has 19 heavy (non-hydrogen) atoms. The summed E-state index contributed by atoms with van der Waals surface area (Å²) in [5.74, 6) is 0.138. The number of ether oxygens (including phenoxy) is 1. The molecule has 0 bridgehead atoms. The topological polar surface area (TPSA) is 53.6 Å². The summed E-state index contributed by atoms with van der Waals surface area (Å²) in [6.07, 6.45) is 3.01. The Morgan fingerprint density at radius 1 is 1.58 bits per heavy atom. The zero-order valence-corrected chi connectivity index (χ0v) is 12.7. The first-order valence-electron chi connectivity index (χ1n) is 7.00. The van der Waals surface area contributed by atoms with Crippen LogP contribution in [0.4, 0.5) is 0 Å². The number of halogens is 1. The molecule has 2 heterocycles. The highest BCUT2D eigenvalue weighted by Crippen LogP contribution is 2.23. The third-order valence-corrected chi connectivity index (χ3v) is 4.11. The highest BCUT2D eigenvalue weighted by atomic mass is 35.5. The third kappa shape index (κ3) is 4.05. The molecule has 0 aromatic carbocycles. The summed E-state index contributed by atoms with van der Waals surface area (Å²) in [5.41, 5.74) is -0.333. The van der Waals surface area contributed by atoms with Crippen LogP contribution in [0.3, 0.4) is 0 Å². The Hall–Kier alpha value is -0.360. The molecule has 1 amide bonds. The minimum absolute atomic E-state index is 0. The Morgan fingerprint density at radius 3 is 2.95 bits per heavy atom. The van der Waals surface area contributed by atoms with Crippen LogP contribution in [-0.2, 0) is 9.53 Å². The maximum Gasteiger partial charge on any atom is 0.240 e. The van der Waals surface area contributed by atoms with E-state index in [0.717, 1.165) is 45.5 Å². The number of nitrogens with one attached hydrogen (secondary N) is 2. The van der Waals surface area contributed by atoms with Crippen LogP contribution in [-0.4, -0.2) is 62.3 Å². The van der Waals surface area contributed by atoms with E-state index < -0.39 is 0 Å². The van der Waals surface area contributed by atoms with Gasteiger partial charge in [-0.25, -0.2) is 0 Å². The molecule has 6 heteroatoms. The van der Waals surface area contributed by atoms with E-state index in [0.29, 0.717) is 6.54 Å². The summed E-state index contributed by atoms with van der Waals surface area (Å²) < 4.78 is 5.65. The Bertz CT molecular complexity index is 296. The number of carbonyl (C=O) groups excluding carboxylic acids is 1. The van der Waals surface area contributed by atoms with Crippen molar-refractivity contribution >= 4 is 18.3 Å². The second-order valence-electron chi connectivity index (χ2n) is 5.43. The lowest BCUT2D eigenvalue weighted by molar-refractivity contribution is -0.128. The number of nitrogens with zero attached hydrogens (tertiary/aromatic N) is 1. The van der Waals surface area contributed by atoms with Gasteiger partial charge in [-0.2, -0.15) is 0 Å². The molecule has 0 saturated carbocycles. The Morgan fingerprint density at radius 2 is 2.37 bits per heavy atom. The summed E-state index contributed by atoms with van der Waals surface area (Å²) in [4.78, 5) is 14.5. The molecule has 0 spiro atoms. The van der Waals surface area contributed by atoms with Crippen molar-refractivity contribution < 1.29 is 9.53 Å². The fourth-order valence-corrected chi connectivity index (χ4v) is 2.83. The quantitative estimate of drug-likeness (QED) is 0.787. The van der Waals surface area contributed by atoms with E-state index in [1.54, 1.807) is 0 Å². The Balaban J connectivity index is 0.00000180. The second kappa shape index (κ2) is 7.43. The number of morpholine rings is 1. The highest BCUT2D eigenvalue weighted by Gasteiger charge is 2.39. The van der Waals surface area contributed by atoms with E-state index in [1.807, 2.05) is 0 Å². The van der Waals surface area contributed by atoms with Gasteiger partial charge in [-0.05, 0) is 32.9 Å². The molecule has 2 rings (SSSR count). The second-order valence-corrected chi connectivity index (χ2v) is 5.43. The Kier molecular flexibility index (Phi) is 6.53. The van der Waals surface area contributed by atoms with E-state index in [-0.39, 0.29) is 30.0 Å². The van der Waals surface area contributed by atoms with Crippen LogP contribution < -0.4 is 10.6 Å². The lowest BCUT2D eigenvalue weighted by Gasteiger charge is -2.32. The first-order valence-corrected chi connectivity index (χ1v) is 7.00. The van der Waals surface area contributed by atoms with Crippen molar-refractivity contribution in [3.63, 3.8) is 0 Å². The average molecular weight is 292 g/mol. The maximum atomic E-state index is 12.3. The molecule has 2 aliphatic heterocycles. The molecule has 2 fully saturated rings. The molecule has 0 radical (unpaired) electrons.